The highest BCUT2D eigenvalue weighted by Gasteiger charge is 2.47. The molecule has 358 valence electrons. The van der Waals surface area contributed by atoms with Crippen molar-refractivity contribution >= 4 is 0 Å². The maximum absolute atomic E-state index is 10.4. The van der Waals surface area contributed by atoms with E-state index in [2.05, 4.69) is 41.5 Å². The van der Waals surface area contributed by atoms with E-state index >= 15 is 0 Å². The van der Waals surface area contributed by atoms with Crippen molar-refractivity contribution in [2.45, 2.75) is 192 Å². The third kappa shape index (κ3) is 22.3. The van der Waals surface area contributed by atoms with Gasteiger partial charge in [0.25, 0.3) is 0 Å². The molecular weight excluding hydrogens is 784 g/mol. The van der Waals surface area contributed by atoms with E-state index in [4.69, 9.17) is 37.9 Å². The van der Waals surface area contributed by atoms with Crippen LogP contribution in [0.5, 0.6) is 0 Å². The van der Waals surface area contributed by atoms with E-state index in [1.165, 1.54) is 25.7 Å². The second-order valence-electron chi connectivity index (χ2n) is 18.1. The Balaban J connectivity index is 1.75. The van der Waals surface area contributed by atoms with Crippen LogP contribution in [-0.4, -0.2) is 181 Å². The fourth-order valence-electron chi connectivity index (χ4n) is 7.26. The number of ether oxygens (including phenoxy) is 8. The summed E-state index contributed by atoms with van der Waals surface area (Å²) in [6, 6.07) is 0. The van der Waals surface area contributed by atoms with E-state index in [0.29, 0.717) is 50.1 Å². The van der Waals surface area contributed by atoms with Gasteiger partial charge in [0, 0.05) is 26.4 Å². The van der Waals surface area contributed by atoms with E-state index in [9.17, 15) is 40.9 Å². The van der Waals surface area contributed by atoms with Gasteiger partial charge in [0.15, 0.2) is 12.6 Å². The molecular formula is C44H86O16. The zero-order valence-corrected chi connectivity index (χ0v) is 37.6. The normalized spacial score (nSPS) is 27.8. The lowest BCUT2D eigenvalue weighted by Crippen LogP contribution is -2.40. The molecule has 2 heterocycles. The zero-order valence-electron chi connectivity index (χ0n) is 37.6. The summed E-state index contributed by atoms with van der Waals surface area (Å²) in [5.41, 5.74) is 0. The van der Waals surface area contributed by atoms with Crippen molar-refractivity contribution in [3.8, 4) is 0 Å². The lowest BCUT2D eigenvalue weighted by Gasteiger charge is -2.23. The molecule has 0 aromatic carbocycles. The predicted octanol–water partition coefficient (Wildman–Crippen LogP) is 2.69. The Morgan fingerprint density at radius 1 is 0.450 bits per heavy atom. The highest BCUT2D eigenvalue weighted by Crippen LogP contribution is 2.27. The lowest BCUT2D eigenvalue weighted by atomic mass is 9.98. The Hall–Kier alpha value is -0.640. The summed E-state index contributed by atoms with van der Waals surface area (Å²) < 4.78 is 46.9. The largest absolute Gasteiger partial charge is 0.394 e. The maximum Gasteiger partial charge on any atom is 0.186 e. The molecule has 0 aliphatic carbocycles. The second kappa shape index (κ2) is 32.1. The van der Waals surface area contributed by atoms with Crippen molar-refractivity contribution in [2.75, 3.05) is 66.1 Å². The Morgan fingerprint density at radius 2 is 0.833 bits per heavy atom. The molecule has 2 rings (SSSR count). The van der Waals surface area contributed by atoms with Crippen LogP contribution in [0.15, 0.2) is 0 Å². The summed E-state index contributed by atoms with van der Waals surface area (Å²) in [5, 5.41) is 79.8. The van der Waals surface area contributed by atoms with E-state index in [-0.39, 0.29) is 26.4 Å². The maximum atomic E-state index is 10.4. The van der Waals surface area contributed by atoms with E-state index in [1.54, 1.807) is 0 Å². The first-order valence-electron chi connectivity index (χ1n) is 22.9. The number of aliphatic hydroxyl groups excluding tert-OH is 8. The van der Waals surface area contributed by atoms with Gasteiger partial charge in [-0.1, -0.05) is 92.9 Å². The number of aliphatic hydroxyl groups is 8. The fraction of sp³-hybridized carbons (Fsp3) is 1.00. The van der Waals surface area contributed by atoms with Crippen molar-refractivity contribution in [1.29, 1.82) is 0 Å². The Bertz CT molecular complexity index is 949. The van der Waals surface area contributed by atoms with Crippen molar-refractivity contribution in [3.63, 3.8) is 0 Å². The van der Waals surface area contributed by atoms with Crippen LogP contribution in [0.25, 0.3) is 0 Å². The van der Waals surface area contributed by atoms with Gasteiger partial charge in [-0.3, -0.25) is 0 Å². The molecule has 0 aromatic heterocycles. The Labute approximate surface area is 360 Å². The van der Waals surface area contributed by atoms with Gasteiger partial charge in [0.1, 0.15) is 61.0 Å². The summed E-state index contributed by atoms with van der Waals surface area (Å²) in [7, 11) is 0. The van der Waals surface area contributed by atoms with Gasteiger partial charge in [-0.15, -0.1) is 0 Å². The molecule has 0 spiro atoms. The van der Waals surface area contributed by atoms with Crippen LogP contribution < -0.4 is 0 Å². The monoisotopic (exact) mass is 871 g/mol. The first-order chi connectivity index (χ1) is 28.7. The fourth-order valence-corrected chi connectivity index (χ4v) is 7.26. The summed E-state index contributed by atoms with van der Waals surface area (Å²) in [5.74, 6) is 2.38. The molecule has 2 aliphatic rings. The van der Waals surface area contributed by atoms with Gasteiger partial charge in [0.05, 0.1) is 39.6 Å². The standard InChI is InChI=1S/C44H86O16/c1-29(2)13-11-15-31(5)17-21-55-33(27-57-43-39(51)37(49)41(59-43)35(47)23-45)25-53-19-9-7-8-10-20-54-26-34(56-22-18-32(6)16-12-14-30(3)4)28-58-44-40(52)38(50)42(60-44)36(48)24-46/h29-52H,7-28H2,1-6H3/t31-,32-,33-,34?,35-,36-,37-,38-,39-,40-,41+,42+,43-,44-/m1/s1. The average Bonchev–Trinajstić information content (AvgIpc) is 3.66. The quantitative estimate of drug-likeness (QED) is 0.0419. The van der Waals surface area contributed by atoms with Gasteiger partial charge < -0.3 is 78.7 Å². The molecule has 16 nitrogen and oxygen atoms in total. The van der Waals surface area contributed by atoms with Gasteiger partial charge >= 0.3 is 0 Å². The minimum Gasteiger partial charge on any atom is -0.394 e. The first kappa shape index (κ1) is 55.5. The molecule has 14 atom stereocenters. The highest BCUT2D eigenvalue weighted by molar-refractivity contribution is 4.91. The third-order valence-corrected chi connectivity index (χ3v) is 11.4. The second-order valence-corrected chi connectivity index (χ2v) is 18.1. The minimum atomic E-state index is -1.40. The topological polar surface area (TPSA) is 236 Å². The van der Waals surface area contributed by atoms with Crippen molar-refractivity contribution < 1.29 is 78.7 Å². The predicted molar refractivity (Wildman–Crippen MR) is 224 cm³/mol. The number of unbranched alkanes of at least 4 members (excludes halogenated alkanes) is 3. The van der Waals surface area contributed by atoms with Crippen LogP contribution in [0.3, 0.4) is 0 Å². The lowest BCUT2D eigenvalue weighted by molar-refractivity contribution is -0.198. The summed E-state index contributed by atoms with van der Waals surface area (Å²) in [4.78, 5) is 0. The minimum absolute atomic E-state index is 0.0477. The van der Waals surface area contributed by atoms with Crippen LogP contribution in [0.4, 0.5) is 0 Å². The first-order valence-corrected chi connectivity index (χ1v) is 22.9. The van der Waals surface area contributed by atoms with Crippen LogP contribution in [0, 0.1) is 23.7 Å². The van der Waals surface area contributed by atoms with Crippen molar-refractivity contribution in [2.24, 2.45) is 23.7 Å². The van der Waals surface area contributed by atoms with Crippen LogP contribution in [0.1, 0.15) is 119 Å². The van der Waals surface area contributed by atoms with Gasteiger partial charge in [-0.25, -0.2) is 0 Å². The van der Waals surface area contributed by atoms with E-state index < -0.39 is 86.8 Å². The molecule has 2 saturated heterocycles. The summed E-state index contributed by atoms with van der Waals surface area (Å²) in [6.45, 7) is 14.8. The van der Waals surface area contributed by atoms with Crippen LogP contribution >= 0.6 is 0 Å². The molecule has 8 N–H and O–H groups in total. The summed E-state index contributed by atoms with van der Waals surface area (Å²) >= 11 is 0. The Kier molecular flexibility index (Phi) is 29.7. The molecule has 0 aromatic rings. The molecule has 0 amide bonds. The molecule has 0 saturated carbocycles. The molecule has 1 unspecified atom stereocenters. The molecule has 2 fully saturated rings. The van der Waals surface area contributed by atoms with E-state index in [1.807, 2.05) is 0 Å². The van der Waals surface area contributed by atoms with Crippen molar-refractivity contribution in [1.82, 2.24) is 0 Å². The molecule has 16 heteroatoms. The summed E-state index contributed by atoms with van der Waals surface area (Å²) in [6.07, 6.45) is -1.55. The molecule has 2 aliphatic heterocycles. The van der Waals surface area contributed by atoms with Crippen molar-refractivity contribution in [3.05, 3.63) is 0 Å². The van der Waals surface area contributed by atoms with Gasteiger partial charge in [0.2, 0.25) is 0 Å². The van der Waals surface area contributed by atoms with Gasteiger partial charge in [-0.2, -0.15) is 0 Å². The highest BCUT2D eigenvalue weighted by atomic mass is 16.7. The third-order valence-electron chi connectivity index (χ3n) is 11.4. The number of hydrogen-bond acceptors (Lipinski definition) is 16. The molecule has 0 bridgehead atoms. The SMILES string of the molecule is CC(C)CCC[C@@H](C)CCOC(COCCCCCCOC[C@H](CO[C@@H]1O[C@@H]([C@H](O)CO)[C@H](O)[C@H]1O)OCC[C@H](C)CCCC(C)C)CO[C@@H]1O[C@@H]([C@H](O)CO)[C@H](O)[C@H]1O. The number of hydrogen-bond donors (Lipinski definition) is 8. The Morgan fingerprint density at radius 3 is 1.18 bits per heavy atom. The van der Waals surface area contributed by atoms with Crippen LogP contribution in [0.2, 0.25) is 0 Å². The van der Waals surface area contributed by atoms with Crippen LogP contribution in [-0.2, 0) is 37.9 Å². The zero-order chi connectivity index (χ0) is 44.5. The average molecular weight is 871 g/mol. The molecule has 60 heavy (non-hydrogen) atoms. The number of rotatable bonds is 37. The molecule has 0 radical (unpaired) electrons. The van der Waals surface area contributed by atoms with Gasteiger partial charge in [-0.05, 0) is 49.4 Å². The smallest absolute Gasteiger partial charge is 0.186 e. The van der Waals surface area contributed by atoms with E-state index in [0.717, 1.165) is 51.4 Å².